The summed E-state index contributed by atoms with van der Waals surface area (Å²) in [7, 11) is 0. The van der Waals surface area contributed by atoms with E-state index in [9.17, 15) is 9.90 Å². The minimum absolute atomic E-state index is 0.547. The van der Waals surface area contributed by atoms with E-state index in [0.29, 0.717) is 6.42 Å². The molecule has 1 aliphatic carbocycles. The average molecular weight is 253 g/mol. The number of carbonyl (C=O) groups is 1. The maximum atomic E-state index is 11.2. The lowest BCUT2D eigenvalue weighted by Gasteiger charge is -2.21. The lowest BCUT2D eigenvalue weighted by Crippen LogP contribution is -2.26. The number of hydrogen-bond acceptors (Lipinski definition) is 1. The number of benzene rings is 1. The lowest BCUT2D eigenvalue weighted by molar-refractivity contribution is -0.146. The van der Waals surface area contributed by atoms with Crippen molar-refractivity contribution in [3.63, 3.8) is 0 Å². The fraction of sp³-hybridized carbons (Fsp3) is 0.500. The van der Waals surface area contributed by atoms with Gasteiger partial charge in [-0.1, -0.05) is 11.6 Å². The number of aliphatic carboxylic acids is 1. The van der Waals surface area contributed by atoms with Gasteiger partial charge in [-0.05, 0) is 68.4 Å². The van der Waals surface area contributed by atoms with E-state index in [2.05, 4.69) is 0 Å². The largest absolute Gasteiger partial charge is 0.481 e. The van der Waals surface area contributed by atoms with Crippen molar-refractivity contribution < 1.29 is 9.90 Å². The molecule has 0 fully saturated rings. The van der Waals surface area contributed by atoms with Gasteiger partial charge in [-0.2, -0.15) is 0 Å². The lowest BCUT2D eigenvalue weighted by atomic mass is 9.83. The average Bonchev–Trinajstić information content (AvgIpc) is 2.64. The molecule has 0 bridgehead atoms. The summed E-state index contributed by atoms with van der Waals surface area (Å²) in [5, 5.41) is 9.91. The normalized spacial score (nSPS) is 14.8. The van der Waals surface area contributed by atoms with Crippen molar-refractivity contribution >= 4 is 17.6 Å². The smallest absolute Gasteiger partial charge is 0.309 e. The summed E-state index contributed by atoms with van der Waals surface area (Å²) in [6, 6.07) is 3.94. The van der Waals surface area contributed by atoms with E-state index >= 15 is 0 Å². The Balaban J connectivity index is 2.37. The van der Waals surface area contributed by atoms with Crippen LogP contribution >= 0.6 is 11.6 Å². The van der Waals surface area contributed by atoms with Crippen molar-refractivity contribution in [2.24, 2.45) is 5.41 Å². The third-order valence-electron chi connectivity index (χ3n) is 3.48. The standard InChI is InChI=1S/C14H17ClO2/c1-14(2,13(16)17)8-10-7-11(15)6-9-4-3-5-12(9)10/h6-7H,3-5,8H2,1-2H3,(H,16,17). The summed E-state index contributed by atoms with van der Waals surface area (Å²) < 4.78 is 0. The number of aryl methyl sites for hydroxylation is 1. The van der Waals surface area contributed by atoms with E-state index in [1.54, 1.807) is 13.8 Å². The summed E-state index contributed by atoms with van der Waals surface area (Å²) in [6.07, 6.45) is 3.81. The van der Waals surface area contributed by atoms with Gasteiger partial charge in [0.1, 0.15) is 0 Å². The van der Waals surface area contributed by atoms with Gasteiger partial charge in [0.15, 0.2) is 0 Å². The van der Waals surface area contributed by atoms with Crippen molar-refractivity contribution in [1.29, 1.82) is 0 Å². The molecule has 1 N–H and O–H groups in total. The summed E-state index contributed by atoms with van der Waals surface area (Å²) in [5.41, 5.74) is 3.00. The molecule has 0 heterocycles. The van der Waals surface area contributed by atoms with Crippen LogP contribution in [0.25, 0.3) is 0 Å². The molecule has 0 spiro atoms. The van der Waals surface area contributed by atoms with Gasteiger partial charge in [0.05, 0.1) is 5.41 Å². The highest BCUT2D eigenvalue weighted by Crippen LogP contribution is 2.33. The minimum atomic E-state index is -0.760. The Hall–Kier alpha value is -1.02. The van der Waals surface area contributed by atoms with Crippen LogP contribution in [0.1, 0.15) is 37.0 Å². The minimum Gasteiger partial charge on any atom is -0.481 e. The van der Waals surface area contributed by atoms with Crippen molar-refractivity contribution in [2.75, 3.05) is 0 Å². The van der Waals surface area contributed by atoms with Crippen molar-refractivity contribution in [1.82, 2.24) is 0 Å². The highest BCUT2D eigenvalue weighted by atomic mass is 35.5. The van der Waals surface area contributed by atoms with E-state index in [1.807, 2.05) is 12.1 Å². The Kier molecular flexibility index (Phi) is 3.17. The number of fused-ring (bicyclic) bond motifs is 1. The predicted octanol–water partition coefficient (Wildman–Crippen LogP) is 3.48. The molecule has 1 aromatic carbocycles. The van der Waals surface area contributed by atoms with Crippen LogP contribution in [0.5, 0.6) is 0 Å². The summed E-state index contributed by atoms with van der Waals surface area (Å²) in [6.45, 7) is 3.52. The number of hydrogen-bond donors (Lipinski definition) is 1. The number of rotatable bonds is 3. The quantitative estimate of drug-likeness (QED) is 0.894. The Morgan fingerprint density at radius 1 is 1.41 bits per heavy atom. The molecule has 1 aliphatic rings. The van der Waals surface area contributed by atoms with Gasteiger partial charge in [-0.15, -0.1) is 0 Å². The fourth-order valence-electron chi connectivity index (χ4n) is 2.46. The molecule has 0 radical (unpaired) electrons. The van der Waals surface area contributed by atoms with Gasteiger partial charge in [0, 0.05) is 5.02 Å². The first-order valence-electron chi connectivity index (χ1n) is 5.94. The van der Waals surface area contributed by atoms with E-state index in [1.165, 1.54) is 11.1 Å². The molecule has 0 aromatic heterocycles. The summed E-state index contributed by atoms with van der Waals surface area (Å²) >= 11 is 6.09. The molecule has 92 valence electrons. The zero-order chi connectivity index (χ0) is 12.6. The molecule has 0 saturated heterocycles. The molecule has 0 saturated carbocycles. The van der Waals surface area contributed by atoms with E-state index in [-0.39, 0.29) is 0 Å². The molecule has 1 aromatic rings. The topological polar surface area (TPSA) is 37.3 Å². The molecule has 2 nitrogen and oxygen atoms in total. The van der Waals surface area contributed by atoms with Crippen LogP contribution in [-0.4, -0.2) is 11.1 Å². The Bertz CT molecular complexity index is 464. The predicted molar refractivity (Wildman–Crippen MR) is 68.6 cm³/mol. The first-order valence-corrected chi connectivity index (χ1v) is 6.31. The second-order valence-corrected chi connectivity index (χ2v) is 5.86. The fourth-order valence-corrected chi connectivity index (χ4v) is 2.73. The zero-order valence-corrected chi connectivity index (χ0v) is 11.0. The van der Waals surface area contributed by atoms with Gasteiger partial charge in [0.25, 0.3) is 0 Å². The van der Waals surface area contributed by atoms with Crippen LogP contribution in [0, 0.1) is 5.41 Å². The molecule has 0 atom stereocenters. The van der Waals surface area contributed by atoms with E-state index in [0.717, 1.165) is 29.8 Å². The summed E-state index contributed by atoms with van der Waals surface area (Å²) in [5.74, 6) is -0.760. The van der Waals surface area contributed by atoms with Crippen LogP contribution < -0.4 is 0 Å². The second-order valence-electron chi connectivity index (χ2n) is 5.42. The number of carboxylic acids is 1. The zero-order valence-electron chi connectivity index (χ0n) is 10.2. The van der Waals surface area contributed by atoms with Crippen LogP contribution in [0.15, 0.2) is 12.1 Å². The van der Waals surface area contributed by atoms with Crippen molar-refractivity contribution in [2.45, 2.75) is 39.5 Å². The van der Waals surface area contributed by atoms with Crippen LogP contribution in [-0.2, 0) is 24.1 Å². The van der Waals surface area contributed by atoms with Gasteiger partial charge in [-0.25, -0.2) is 0 Å². The maximum Gasteiger partial charge on any atom is 0.309 e. The van der Waals surface area contributed by atoms with Crippen LogP contribution in [0.2, 0.25) is 5.02 Å². The molecule has 0 unspecified atom stereocenters. The second kappa shape index (κ2) is 4.34. The van der Waals surface area contributed by atoms with Gasteiger partial charge < -0.3 is 5.11 Å². The van der Waals surface area contributed by atoms with Crippen LogP contribution in [0.3, 0.4) is 0 Å². The first-order chi connectivity index (χ1) is 7.90. The Morgan fingerprint density at radius 3 is 2.76 bits per heavy atom. The van der Waals surface area contributed by atoms with Crippen LogP contribution in [0.4, 0.5) is 0 Å². The molecule has 0 amide bonds. The first kappa shape index (κ1) is 12.4. The van der Waals surface area contributed by atoms with Crippen molar-refractivity contribution in [3.8, 4) is 0 Å². The van der Waals surface area contributed by atoms with Gasteiger partial charge >= 0.3 is 5.97 Å². The Morgan fingerprint density at radius 2 is 2.12 bits per heavy atom. The van der Waals surface area contributed by atoms with E-state index in [4.69, 9.17) is 11.6 Å². The molecule has 17 heavy (non-hydrogen) atoms. The molecule has 0 aliphatic heterocycles. The number of carboxylic acid groups (broad SMARTS) is 1. The molecular formula is C14H17ClO2. The highest BCUT2D eigenvalue weighted by Gasteiger charge is 2.29. The number of halogens is 1. The molecular weight excluding hydrogens is 236 g/mol. The summed E-state index contributed by atoms with van der Waals surface area (Å²) in [4.78, 5) is 11.2. The third kappa shape index (κ3) is 2.47. The maximum absolute atomic E-state index is 11.2. The Labute approximate surface area is 107 Å². The van der Waals surface area contributed by atoms with Crippen molar-refractivity contribution in [3.05, 3.63) is 33.8 Å². The monoisotopic (exact) mass is 252 g/mol. The highest BCUT2D eigenvalue weighted by molar-refractivity contribution is 6.30. The SMILES string of the molecule is CC(C)(Cc1cc(Cl)cc2c1CCC2)C(=O)O. The van der Waals surface area contributed by atoms with Gasteiger partial charge in [-0.3, -0.25) is 4.79 Å². The molecule has 2 rings (SSSR count). The van der Waals surface area contributed by atoms with Gasteiger partial charge in [0.2, 0.25) is 0 Å². The third-order valence-corrected chi connectivity index (χ3v) is 3.70. The molecule has 3 heteroatoms. The van der Waals surface area contributed by atoms with E-state index < -0.39 is 11.4 Å².